The summed E-state index contributed by atoms with van der Waals surface area (Å²) in [5.74, 6) is 0.425. The summed E-state index contributed by atoms with van der Waals surface area (Å²) in [4.78, 5) is 20.7. The van der Waals surface area contributed by atoms with Crippen LogP contribution in [0.15, 0.2) is 18.3 Å². The van der Waals surface area contributed by atoms with Gasteiger partial charge in [-0.05, 0) is 25.5 Å². The van der Waals surface area contributed by atoms with Crippen LogP contribution < -0.4 is 5.32 Å². The van der Waals surface area contributed by atoms with E-state index in [1.54, 1.807) is 0 Å². The van der Waals surface area contributed by atoms with Crippen molar-refractivity contribution in [1.82, 2.24) is 9.97 Å². The predicted octanol–water partition coefficient (Wildman–Crippen LogP) is 3.24. The molecule has 1 N–H and O–H groups in total. The van der Waals surface area contributed by atoms with Gasteiger partial charge in [0, 0.05) is 11.4 Å². The topological polar surface area (TPSA) is 81.0 Å². The quantitative estimate of drug-likeness (QED) is 0.670. The maximum absolute atomic E-state index is 11.0. The molecule has 0 radical (unpaired) electrons. The van der Waals surface area contributed by atoms with Crippen LogP contribution in [-0.4, -0.2) is 21.4 Å². The Balaban J connectivity index is 2.44. The Labute approximate surface area is 114 Å². The molecule has 0 aliphatic carbocycles. The molecule has 7 heteroatoms. The third-order valence-electron chi connectivity index (χ3n) is 2.47. The highest BCUT2D eigenvalue weighted by Gasteiger charge is 2.19. The van der Waals surface area contributed by atoms with Crippen LogP contribution in [0.5, 0.6) is 0 Å². The van der Waals surface area contributed by atoms with Gasteiger partial charge in [0.05, 0.1) is 9.80 Å². The highest BCUT2D eigenvalue weighted by molar-refractivity contribution is 7.15. The number of rotatable bonds is 5. The summed E-state index contributed by atoms with van der Waals surface area (Å²) in [5.41, 5.74) is 0.306. The second kappa shape index (κ2) is 5.75. The molecule has 0 spiro atoms. The molecular weight excluding hydrogens is 264 g/mol. The van der Waals surface area contributed by atoms with E-state index in [1.165, 1.54) is 17.5 Å². The molecule has 2 aromatic rings. The lowest BCUT2D eigenvalue weighted by molar-refractivity contribution is -0.384. The third kappa shape index (κ3) is 3.05. The van der Waals surface area contributed by atoms with Gasteiger partial charge in [0.25, 0.3) is 0 Å². The van der Waals surface area contributed by atoms with E-state index in [1.807, 2.05) is 26.0 Å². The average Bonchev–Trinajstić information content (AvgIpc) is 2.82. The number of nitro groups is 1. The van der Waals surface area contributed by atoms with Crippen LogP contribution in [0.4, 0.5) is 11.6 Å². The molecule has 0 saturated heterocycles. The summed E-state index contributed by atoms with van der Waals surface area (Å²) in [7, 11) is 0. The molecule has 6 nitrogen and oxygen atoms in total. The Kier molecular flexibility index (Phi) is 4.06. The zero-order valence-electron chi connectivity index (χ0n) is 10.7. The molecule has 0 bridgehead atoms. The molecule has 0 saturated carbocycles. The van der Waals surface area contributed by atoms with Crippen molar-refractivity contribution in [2.75, 3.05) is 11.9 Å². The van der Waals surface area contributed by atoms with Gasteiger partial charge in [-0.15, -0.1) is 11.3 Å². The zero-order chi connectivity index (χ0) is 13.8. The number of thiophene rings is 1. The minimum absolute atomic E-state index is 0.0658. The van der Waals surface area contributed by atoms with Gasteiger partial charge in [-0.1, -0.05) is 6.92 Å². The maximum atomic E-state index is 11.0. The van der Waals surface area contributed by atoms with Crippen LogP contribution in [0.3, 0.4) is 0 Å². The second-order valence-corrected chi connectivity index (χ2v) is 5.31. The van der Waals surface area contributed by atoms with Crippen LogP contribution in [-0.2, 0) is 0 Å². The maximum Gasteiger partial charge on any atom is 0.314 e. The van der Waals surface area contributed by atoms with E-state index in [4.69, 9.17) is 0 Å². The number of hydrogen-bond acceptors (Lipinski definition) is 6. The van der Waals surface area contributed by atoms with Gasteiger partial charge in [0.1, 0.15) is 6.20 Å². The van der Waals surface area contributed by atoms with Crippen molar-refractivity contribution in [1.29, 1.82) is 0 Å². The third-order valence-corrected chi connectivity index (χ3v) is 3.48. The predicted molar refractivity (Wildman–Crippen MR) is 75.5 cm³/mol. The highest BCUT2D eigenvalue weighted by Crippen LogP contribution is 2.33. The number of nitrogens with one attached hydrogen (secondary N) is 1. The molecule has 0 aromatic carbocycles. The highest BCUT2D eigenvalue weighted by atomic mass is 32.1. The zero-order valence-corrected chi connectivity index (χ0v) is 11.5. The Morgan fingerprint density at radius 2 is 2.26 bits per heavy atom. The summed E-state index contributed by atoms with van der Waals surface area (Å²) in [6.45, 7) is 4.72. The first-order valence-electron chi connectivity index (χ1n) is 5.94. The van der Waals surface area contributed by atoms with E-state index in [0.29, 0.717) is 11.6 Å². The fourth-order valence-corrected chi connectivity index (χ4v) is 2.44. The van der Waals surface area contributed by atoms with Crippen LogP contribution >= 0.6 is 11.3 Å². The number of anilines is 1. The SMILES string of the molecule is CCCNc1ncc([N+](=O)[O-])c(-c2ccc(C)s2)n1. The molecule has 2 rings (SSSR count). The van der Waals surface area contributed by atoms with E-state index in [9.17, 15) is 10.1 Å². The molecular formula is C12H14N4O2S. The standard InChI is InChI=1S/C12H14N4O2S/c1-3-6-13-12-14-7-9(16(17)18)11(15-12)10-5-4-8(2)19-10/h4-5,7H,3,6H2,1-2H3,(H,13,14,15). The number of aromatic nitrogens is 2. The van der Waals surface area contributed by atoms with Gasteiger partial charge in [0.2, 0.25) is 5.95 Å². The minimum atomic E-state index is -0.450. The molecule has 0 amide bonds. The smallest absolute Gasteiger partial charge is 0.314 e. The van der Waals surface area contributed by atoms with E-state index >= 15 is 0 Å². The molecule has 19 heavy (non-hydrogen) atoms. The summed E-state index contributed by atoms with van der Waals surface area (Å²) < 4.78 is 0. The average molecular weight is 278 g/mol. The van der Waals surface area contributed by atoms with Gasteiger partial charge >= 0.3 is 5.69 Å². The Morgan fingerprint density at radius 1 is 1.47 bits per heavy atom. The van der Waals surface area contributed by atoms with Crippen molar-refractivity contribution in [3.05, 3.63) is 33.3 Å². The monoisotopic (exact) mass is 278 g/mol. The van der Waals surface area contributed by atoms with E-state index in [2.05, 4.69) is 15.3 Å². The van der Waals surface area contributed by atoms with E-state index in [-0.39, 0.29) is 5.69 Å². The Morgan fingerprint density at radius 3 is 2.84 bits per heavy atom. The lowest BCUT2D eigenvalue weighted by Crippen LogP contribution is -2.06. The fraction of sp³-hybridized carbons (Fsp3) is 0.333. The molecule has 100 valence electrons. The van der Waals surface area contributed by atoms with Crippen molar-refractivity contribution in [2.45, 2.75) is 20.3 Å². The molecule has 0 fully saturated rings. The van der Waals surface area contributed by atoms with Crippen molar-refractivity contribution in [3.8, 4) is 10.6 Å². The van der Waals surface area contributed by atoms with Gasteiger partial charge in [-0.25, -0.2) is 9.97 Å². The number of hydrogen-bond donors (Lipinski definition) is 1. The van der Waals surface area contributed by atoms with E-state index in [0.717, 1.165) is 22.7 Å². The van der Waals surface area contributed by atoms with Crippen LogP contribution in [0, 0.1) is 17.0 Å². The first-order valence-corrected chi connectivity index (χ1v) is 6.75. The van der Waals surface area contributed by atoms with Gasteiger partial charge in [0.15, 0.2) is 5.69 Å². The lowest BCUT2D eigenvalue weighted by atomic mass is 10.3. The molecule has 0 atom stereocenters. The molecule has 0 aliphatic heterocycles. The van der Waals surface area contributed by atoms with Crippen molar-refractivity contribution in [2.24, 2.45) is 0 Å². The Bertz CT molecular complexity index is 597. The number of nitrogens with zero attached hydrogens (tertiary/aromatic N) is 3. The van der Waals surface area contributed by atoms with E-state index < -0.39 is 4.92 Å². The fourth-order valence-electron chi connectivity index (χ4n) is 1.57. The van der Waals surface area contributed by atoms with Crippen molar-refractivity contribution >= 4 is 23.0 Å². The first kappa shape index (κ1) is 13.4. The minimum Gasteiger partial charge on any atom is -0.354 e. The number of aryl methyl sites for hydroxylation is 1. The van der Waals surface area contributed by atoms with Gasteiger partial charge in [-0.3, -0.25) is 10.1 Å². The largest absolute Gasteiger partial charge is 0.354 e. The second-order valence-electron chi connectivity index (χ2n) is 4.02. The normalized spacial score (nSPS) is 10.4. The van der Waals surface area contributed by atoms with Crippen LogP contribution in [0.25, 0.3) is 10.6 Å². The summed E-state index contributed by atoms with van der Waals surface area (Å²) in [5, 5.41) is 14.1. The molecule has 2 heterocycles. The molecule has 0 unspecified atom stereocenters. The van der Waals surface area contributed by atoms with Gasteiger partial charge in [-0.2, -0.15) is 0 Å². The molecule has 0 aliphatic rings. The Hall–Kier alpha value is -2.02. The summed E-state index contributed by atoms with van der Waals surface area (Å²) in [6.07, 6.45) is 2.20. The van der Waals surface area contributed by atoms with Crippen LogP contribution in [0.2, 0.25) is 0 Å². The first-order chi connectivity index (χ1) is 9.11. The van der Waals surface area contributed by atoms with Crippen molar-refractivity contribution in [3.63, 3.8) is 0 Å². The summed E-state index contributed by atoms with van der Waals surface area (Å²) in [6, 6.07) is 3.77. The summed E-state index contributed by atoms with van der Waals surface area (Å²) >= 11 is 1.48. The van der Waals surface area contributed by atoms with Gasteiger partial charge < -0.3 is 5.32 Å². The molecule has 2 aromatic heterocycles. The van der Waals surface area contributed by atoms with Crippen molar-refractivity contribution < 1.29 is 4.92 Å². The lowest BCUT2D eigenvalue weighted by Gasteiger charge is -2.04. The van der Waals surface area contributed by atoms with Crippen LogP contribution in [0.1, 0.15) is 18.2 Å².